The van der Waals surface area contributed by atoms with Gasteiger partial charge in [0.25, 0.3) is 0 Å². The molecule has 82 valence electrons. The van der Waals surface area contributed by atoms with Crippen molar-refractivity contribution in [3.63, 3.8) is 0 Å². The first-order valence-electron chi connectivity index (χ1n) is 5.59. The van der Waals surface area contributed by atoms with Crippen molar-refractivity contribution in [2.24, 2.45) is 5.92 Å². The number of amides is 1. The highest BCUT2D eigenvalue weighted by Crippen LogP contribution is 2.24. The summed E-state index contributed by atoms with van der Waals surface area (Å²) in [6, 6.07) is 0.416. The fraction of sp³-hybridized carbons (Fsp3) is 0.909. The van der Waals surface area contributed by atoms with Crippen LogP contribution in [-0.2, 0) is 9.53 Å². The summed E-state index contributed by atoms with van der Waals surface area (Å²) in [6.07, 6.45) is 4.02. The van der Waals surface area contributed by atoms with Gasteiger partial charge in [0.15, 0.2) is 0 Å². The van der Waals surface area contributed by atoms with Crippen molar-refractivity contribution >= 4 is 5.91 Å². The third kappa shape index (κ3) is 4.09. The van der Waals surface area contributed by atoms with E-state index in [1.54, 1.807) is 0 Å². The second-order valence-corrected chi connectivity index (χ2v) is 4.13. The van der Waals surface area contributed by atoms with Gasteiger partial charge >= 0.3 is 0 Å². The van der Waals surface area contributed by atoms with Crippen molar-refractivity contribution in [2.45, 2.75) is 45.6 Å². The molecule has 0 aliphatic heterocycles. The van der Waals surface area contributed by atoms with E-state index in [9.17, 15) is 4.79 Å². The highest BCUT2D eigenvalue weighted by Gasteiger charge is 2.22. The van der Waals surface area contributed by atoms with E-state index in [-0.39, 0.29) is 5.91 Å². The van der Waals surface area contributed by atoms with Gasteiger partial charge in [0.2, 0.25) is 5.91 Å². The first kappa shape index (κ1) is 11.5. The molecule has 3 heteroatoms. The van der Waals surface area contributed by atoms with Crippen LogP contribution >= 0.6 is 0 Å². The number of hydrogen-bond acceptors (Lipinski definition) is 2. The lowest BCUT2D eigenvalue weighted by molar-refractivity contribution is -0.122. The molecule has 0 heterocycles. The molecule has 1 amide bonds. The summed E-state index contributed by atoms with van der Waals surface area (Å²) < 4.78 is 5.13. The molecule has 2 unspecified atom stereocenters. The van der Waals surface area contributed by atoms with Crippen LogP contribution in [0, 0.1) is 5.92 Å². The lowest BCUT2D eigenvalue weighted by atomic mass is 10.1. The molecule has 0 aromatic rings. The van der Waals surface area contributed by atoms with Gasteiger partial charge in [-0.2, -0.15) is 0 Å². The average molecular weight is 199 g/mol. The highest BCUT2D eigenvalue weighted by molar-refractivity contribution is 5.76. The fourth-order valence-electron chi connectivity index (χ4n) is 1.95. The lowest BCUT2D eigenvalue weighted by Crippen LogP contribution is -2.33. The molecule has 1 aliphatic carbocycles. The van der Waals surface area contributed by atoms with Crippen LogP contribution in [-0.4, -0.2) is 25.2 Å². The summed E-state index contributed by atoms with van der Waals surface area (Å²) in [4.78, 5) is 11.4. The van der Waals surface area contributed by atoms with Crippen LogP contribution in [0.25, 0.3) is 0 Å². The van der Waals surface area contributed by atoms with E-state index in [0.29, 0.717) is 25.7 Å². The first-order chi connectivity index (χ1) is 6.72. The molecule has 0 aromatic carbocycles. The van der Waals surface area contributed by atoms with Gasteiger partial charge in [-0.25, -0.2) is 0 Å². The second kappa shape index (κ2) is 6.02. The molecule has 1 aliphatic rings. The summed E-state index contributed by atoms with van der Waals surface area (Å²) >= 11 is 0. The van der Waals surface area contributed by atoms with Gasteiger partial charge in [-0.3, -0.25) is 4.79 Å². The lowest BCUT2D eigenvalue weighted by Gasteiger charge is -2.12. The number of nitrogens with one attached hydrogen (secondary N) is 1. The van der Waals surface area contributed by atoms with Gasteiger partial charge in [-0.05, 0) is 32.1 Å². The Bertz CT molecular complexity index is 182. The molecule has 0 spiro atoms. The van der Waals surface area contributed by atoms with Crippen LogP contribution in [0.3, 0.4) is 0 Å². The van der Waals surface area contributed by atoms with E-state index in [2.05, 4.69) is 12.2 Å². The number of ether oxygens (including phenoxy) is 1. The first-order valence-corrected chi connectivity index (χ1v) is 5.59. The number of hydrogen-bond donors (Lipinski definition) is 1. The van der Waals surface area contributed by atoms with Gasteiger partial charge in [-0.15, -0.1) is 0 Å². The fourth-order valence-corrected chi connectivity index (χ4v) is 1.95. The molecular weight excluding hydrogens is 178 g/mol. The van der Waals surface area contributed by atoms with E-state index >= 15 is 0 Å². The van der Waals surface area contributed by atoms with Crippen LogP contribution in [0.1, 0.15) is 39.5 Å². The summed E-state index contributed by atoms with van der Waals surface area (Å²) in [5, 5.41) is 3.05. The number of carbonyl (C=O) groups is 1. The normalized spacial score (nSPS) is 26.4. The molecule has 3 nitrogen and oxygen atoms in total. The molecule has 0 aromatic heterocycles. The zero-order valence-corrected chi connectivity index (χ0v) is 9.21. The third-order valence-corrected chi connectivity index (χ3v) is 2.74. The molecule has 1 rings (SSSR count). The molecule has 1 N–H and O–H groups in total. The zero-order chi connectivity index (χ0) is 10.4. The Morgan fingerprint density at radius 2 is 2.29 bits per heavy atom. The van der Waals surface area contributed by atoms with Crippen LogP contribution < -0.4 is 5.32 Å². The maximum atomic E-state index is 11.4. The molecule has 0 bridgehead atoms. The standard InChI is InChI=1S/C11H21NO2/c1-3-14-7-6-11(13)12-10-5-4-9(2)8-10/h9-10H,3-8H2,1-2H3,(H,12,13). The quantitative estimate of drug-likeness (QED) is 0.685. The Kier molecular flexibility index (Phi) is 4.94. The molecular formula is C11H21NO2. The molecule has 14 heavy (non-hydrogen) atoms. The van der Waals surface area contributed by atoms with E-state index in [4.69, 9.17) is 4.74 Å². The average Bonchev–Trinajstić information content (AvgIpc) is 2.52. The van der Waals surface area contributed by atoms with Crippen molar-refractivity contribution in [1.82, 2.24) is 5.32 Å². The molecule has 1 fully saturated rings. The van der Waals surface area contributed by atoms with Crippen LogP contribution in [0.15, 0.2) is 0 Å². The van der Waals surface area contributed by atoms with Crippen molar-refractivity contribution < 1.29 is 9.53 Å². The largest absolute Gasteiger partial charge is 0.381 e. The maximum absolute atomic E-state index is 11.4. The van der Waals surface area contributed by atoms with E-state index < -0.39 is 0 Å². The topological polar surface area (TPSA) is 38.3 Å². The number of carbonyl (C=O) groups excluding carboxylic acids is 1. The van der Waals surface area contributed by atoms with Gasteiger partial charge in [0, 0.05) is 19.1 Å². The minimum Gasteiger partial charge on any atom is -0.381 e. The van der Waals surface area contributed by atoms with Gasteiger partial charge in [0.1, 0.15) is 0 Å². The minimum atomic E-state index is 0.137. The molecule has 2 atom stereocenters. The van der Waals surface area contributed by atoms with Crippen LogP contribution in [0.4, 0.5) is 0 Å². The predicted octanol–water partition coefficient (Wildman–Crippen LogP) is 1.72. The zero-order valence-electron chi connectivity index (χ0n) is 9.21. The Balaban J connectivity index is 2.08. The third-order valence-electron chi connectivity index (χ3n) is 2.74. The van der Waals surface area contributed by atoms with Crippen LogP contribution in [0.5, 0.6) is 0 Å². The monoisotopic (exact) mass is 199 g/mol. The Morgan fingerprint density at radius 1 is 1.50 bits per heavy atom. The highest BCUT2D eigenvalue weighted by atomic mass is 16.5. The smallest absolute Gasteiger partial charge is 0.222 e. The predicted molar refractivity (Wildman–Crippen MR) is 56.1 cm³/mol. The molecule has 0 radical (unpaired) electrons. The SMILES string of the molecule is CCOCCC(=O)NC1CCC(C)C1. The summed E-state index contributed by atoms with van der Waals surface area (Å²) in [7, 11) is 0. The maximum Gasteiger partial charge on any atom is 0.222 e. The van der Waals surface area contributed by atoms with Gasteiger partial charge < -0.3 is 10.1 Å². The summed E-state index contributed by atoms with van der Waals surface area (Å²) in [5.41, 5.74) is 0. The van der Waals surface area contributed by atoms with E-state index in [0.717, 1.165) is 18.8 Å². The number of rotatable bonds is 5. The van der Waals surface area contributed by atoms with Gasteiger partial charge in [-0.1, -0.05) is 6.92 Å². The van der Waals surface area contributed by atoms with Gasteiger partial charge in [0.05, 0.1) is 6.61 Å². The van der Waals surface area contributed by atoms with Crippen molar-refractivity contribution in [3.05, 3.63) is 0 Å². The molecule has 0 saturated heterocycles. The minimum absolute atomic E-state index is 0.137. The van der Waals surface area contributed by atoms with Crippen molar-refractivity contribution in [2.75, 3.05) is 13.2 Å². The Morgan fingerprint density at radius 3 is 2.86 bits per heavy atom. The second-order valence-electron chi connectivity index (χ2n) is 4.13. The van der Waals surface area contributed by atoms with E-state index in [1.165, 1.54) is 6.42 Å². The summed E-state index contributed by atoms with van der Waals surface area (Å²) in [5.74, 6) is 0.907. The molecule has 1 saturated carbocycles. The van der Waals surface area contributed by atoms with Crippen molar-refractivity contribution in [3.8, 4) is 0 Å². The van der Waals surface area contributed by atoms with Crippen molar-refractivity contribution in [1.29, 1.82) is 0 Å². The Hall–Kier alpha value is -0.570. The summed E-state index contributed by atoms with van der Waals surface area (Å²) in [6.45, 7) is 5.42. The Labute approximate surface area is 86.2 Å². The van der Waals surface area contributed by atoms with Crippen LogP contribution in [0.2, 0.25) is 0 Å². The van der Waals surface area contributed by atoms with E-state index in [1.807, 2.05) is 6.92 Å².